The third-order valence-electron chi connectivity index (χ3n) is 7.34. The van der Waals surface area contributed by atoms with E-state index in [0.29, 0.717) is 0 Å². The van der Waals surface area contributed by atoms with Gasteiger partial charge in [-0.15, -0.1) is 0 Å². The summed E-state index contributed by atoms with van der Waals surface area (Å²) in [7, 11) is 0. The Morgan fingerprint density at radius 2 is 0.611 bits per heavy atom. The molecule has 36 heavy (non-hydrogen) atoms. The predicted molar refractivity (Wildman–Crippen MR) is 159 cm³/mol. The maximum atomic E-state index is 2.33. The van der Waals surface area contributed by atoms with Crippen molar-refractivity contribution in [3.63, 3.8) is 0 Å². The normalized spacial score (nSPS) is 11.1. The van der Waals surface area contributed by atoms with Crippen LogP contribution in [0.25, 0.3) is 33.4 Å². The van der Waals surface area contributed by atoms with Gasteiger partial charge in [-0.1, -0.05) is 131 Å². The highest BCUT2D eigenvalue weighted by atomic mass is 14.3. The molecule has 0 unspecified atom stereocenters. The third-order valence-corrected chi connectivity index (χ3v) is 7.34. The smallest absolute Gasteiger partial charge is 0.0107 e. The molecule has 0 aromatic heterocycles. The van der Waals surface area contributed by atoms with Crippen molar-refractivity contribution in [2.24, 2.45) is 0 Å². The van der Waals surface area contributed by atoms with Crippen LogP contribution in [0.1, 0.15) is 76.0 Å². The zero-order valence-electron chi connectivity index (χ0n) is 22.5. The molecule has 0 fully saturated rings. The summed E-state index contributed by atoms with van der Waals surface area (Å²) in [4.78, 5) is 0. The van der Waals surface area contributed by atoms with Crippen molar-refractivity contribution in [2.75, 3.05) is 0 Å². The van der Waals surface area contributed by atoms with Crippen molar-refractivity contribution in [3.05, 3.63) is 108 Å². The van der Waals surface area contributed by atoms with Gasteiger partial charge in [0.2, 0.25) is 0 Å². The lowest BCUT2D eigenvalue weighted by atomic mass is 9.76. The first-order valence-corrected chi connectivity index (χ1v) is 14.2. The van der Waals surface area contributed by atoms with Gasteiger partial charge in [0.1, 0.15) is 0 Å². The van der Waals surface area contributed by atoms with Gasteiger partial charge in [-0.25, -0.2) is 0 Å². The van der Waals surface area contributed by atoms with Gasteiger partial charge in [-0.05, 0) is 88.6 Å². The summed E-state index contributed by atoms with van der Waals surface area (Å²) >= 11 is 0. The first kappa shape index (κ1) is 26.0. The third kappa shape index (κ3) is 5.81. The largest absolute Gasteiger partial charge is 0.0654 e. The van der Waals surface area contributed by atoms with Crippen molar-refractivity contribution in [3.8, 4) is 33.4 Å². The van der Waals surface area contributed by atoms with Crippen LogP contribution in [0, 0.1) is 0 Å². The molecule has 0 aliphatic carbocycles. The molecule has 186 valence electrons. The maximum absolute atomic E-state index is 2.33. The summed E-state index contributed by atoms with van der Waals surface area (Å²) in [5.74, 6) is 0. The summed E-state index contributed by atoms with van der Waals surface area (Å²) in [6, 6.07) is 33.6. The molecule has 0 heteroatoms. The highest BCUT2D eigenvalue weighted by molar-refractivity contribution is 5.92. The lowest BCUT2D eigenvalue weighted by Gasteiger charge is -2.28. The van der Waals surface area contributed by atoms with Gasteiger partial charge >= 0.3 is 0 Å². The van der Waals surface area contributed by atoms with Gasteiger partial charge in [0.15, 0.2) is 0 Å². The molecule has 0 nitrogen and oxygen atoms in total. The molecular weight excluding hydrogens is 432 g/mol. The molecular formula is C36H42. The van der Waals surface area contributed by atoms with Crippen LogP contribution in [0.15, 0.2) is 91.0 Å². The van der Waals surface area contributed by atoms with Gasteiger partial charge in [0.25, 0.3) is 0 Å². The highest BCUT2D eigenvalue weighted by Gasteiger charge is 2.25. The molecule has 0 aliphatic rings. The Morgan fingerprint density at radius 1 is 0.361 bits per heavy atom. The minimum absolute atomic E-state index is 1.12. The van der Waals surface area contributed by atoms with Gasteiger partial charge in [0, 0.05) is 0 Å². The molecule has 4 aromatic rings. The van der Waals surface area contributed by atoms with E-state index in [1.54, 1.807) is 16.7 Å². The molecule has 0 saturated heterocycles. The number of unbranched alkanes of at least 4 members (excludes halogenated alkanes) is 3. The predicted octanol–water partition coefficient (Wildman–Crippen LogP) is 10.7. The van der Waals surface area contributed by atoms with Crippen LogP contribution in [0.2, 0.25) is 0 Å². The first-order chi connectivity index (χ1) is 17.8. The van der Waals surface area contributed by atoms with E-state index in [4.69, 9.17) is 0 Å². The van der Waals surface area contributed by atoms with E-state index in [2.05, 4.69) is 112 Å². The van der Waals surface area contributed by atoms with Crippen LogP contribution in [-0.2, 0) is 19.3 Å². The average molecular weight is 475 g/mol. The van der Waals surface area contributed by atoms with E-state index >= 15 is 0 Å². The molecule has 0 radical (unpaired) electrons. The van der Waals surface area contributed by atoms with Crippen molar-refractivity contribution in [2.45, 2.75) is 78.6 Å². The van der Waals surface area contributed by atoms with Crippen molar-refractivity contribution < 1.29 is 0 Å². The minimum atomic E-state index is 1.12. The van der Waals surface area contributed by atoms with Crippen LogP contribution in [0.3, 0.4) is 0 Å². The molecule has 0 aliphatic heterocycles. The first-order valence-electron chi connectivity index (χ1n) is 14.2. The van der Waals surface area contributed by atoms with E-state index in [1.165, 1.54) is 71.9 Å². The number of benzene rings is 4. The van der Waals surface area contributed by atoms with Crippen molar-refractivity contribution >= 4 is 0 Å². The fourth-order valence-corrected chi connectivity index (χ4v) is 5.59. The Kier molecular flexibility index (Phi) is 9.56. The number of hydrogen-bond acceptors (Lipinski definition) is 0. The van der Waals surface area contributed by atoms with Gasteiger partial charge < -0.3 is 0 Å². The fraction of sp³-hybridized carbons (Fsp3) is 0.333. The summed E-state index contributed by atoms with van der Waals surface area (Å²) in [6.07, 6.45) is 10.6. The van der Waals surface area contributed by atoms with E-state index in [0.717, 1.165) is 19.3 Å². The highest BCUT2D eigenvalue weighted by Crippen LogP contribution is 2.46. The quantitative estimate of drug-likeness (QED) is 0.191. The number of rotatable bonds is 12. The van der Waals surface area contributed by atoms with E-state index in [-0.39, 0.29) is 0 Å². The van der Waals surface area contributed by atoms with Crippen molar-refractivity contribution in [1.82, 2.24) is 0 Å². The summed E-state index contributed by atoms with van der Waals surface area (Å²) in [5, 5.41) is 0. The van der Waals surface area contributed by atoms with E-state index < -0.39 is 0 Å². The fourth-order valence-electron chi connectivity index (χ4n) is 5.59. The van der Waals surface area contributed by atoms with Crippen LogP contribution >= 0.6 is 0 Å². The molecule has 0 saturated carbocycles. The topological polar surface area (TPSA) is 0 Å². The molecule has 0 bridgehead atoms. The Labute approximate surface area is 219 Å². The zero-order chi connectivity index (χ0) is 25.2. The molecule has 0 N–H and O–H groups in total. The Bertz CT molecular complexity index is 1030. The van der Waals surface area contributed by atoms with E-state index in [1.807, 2.05) is 0 Å². The summed E-state index contributed by atoms with van der Waals surface area (Å²) < 4.78 is 0. The Hall–Kier alpha value is -3.12. The van der Waals surface area contributed by atoms with Gasteiger partial charge in [0.05, 0.1) is 0 Å². The van der Waals surface area contributed by atoms with Crippen LogP contribution < -0.4 is 0 Å². The monoisotopic (exact) mass is 474 g/mol. The summed E-state index contributed by atoms with van der Waals surface area (Å²) in [5.41, 5.74) is 13.3. The lowest BCUT2D eigenvalue weighted by Crippen LogP contribution is -2.09. The molecule has 0 atom stereocenters. The van der Waals surface area contributed by atoms with Crippen LogP contribution in [0.4, 0.5) is 0 Å². The van der Waals surface area contributed by atoms with Crippen molar-refractivity contribution in [1.29, 1.82) is 0 Å². The second-order valence-electron chi connectivity index (χ2n) is 9.97. The molecule has 4 aromatic carbocycles. The zero-order valence-corrected chi connectivity index (χ0v) is 22.5. The van der Waals surface area contributed by atoms with Crippen LogP contribution in [0.5, 0.6) is 0 Å². The molecule has 0 heterocycles. The molecule has 0 amide bonds. The minimum Gasteiger partial charge on any atom is -0.0654 e. The maximum Gasteiger partial charge on any atom is -0.0107 e. The average Bonchev–Trinajstić information content (AvgIpc) is 2.94. The summed E-state index contributed by atoms with van der Waals surface area (Å²) in [6.45, 7) is 6.95. The van der Waals surface area contributed by atoms with Gasteiger partial charge in [-0.3, -0.25) is 0 Å². The Morgan fingerprint density at radius 3 is 0.833 bits per heavy atom. The SMILES string of the molecule is CCCCc1c(-c2ccccc2)c(CCCC)c(-c2ccccc2)c(CCCC)c1-c1ccccc1. The number of hydrogen-bond donors (Lipinski definition) is 0. The van der Waals surface area contributed by atoms with E-state index in [9.17, 15) is 0 Å². The lowest BCUT2D eigenvalue weighted by molar-refractivity contribution is 0.771. The molecule has 4 rings (SSSR count). The molecule has 0 spiro atoms. The second-order valence-corrected chi connectivity index (χ2v) is 9.97. The Balaban J connectivity index is 2.19. The van der Waals surface area contributed by atoms with Gasteiger partial charge in [-0.2, -0.15) is 0 Å². The second kappa shape index (κ2) is 13.3. The standard InChI is InChI=1S/C36H42/c1-4-7-25-31-34(28-19-13-10-14-20-28)32(26-8-5-2)36(30-23-17-12-18-24-30)33(27-9-6-3)35(31)29-21-15-11-16-22-29/h10-24H,4-9,25-27H2,1-3H3. The van der Waals surface area contributed by atoms with Crippen LogP contribution in [-0.4, -0.2) is 0 Å².